The quantitative estimate of drug-likeness (QED) is 0.197. The van der Waals surface area contributed by atoms with Gasteiger partial charge in [0.25, 0.3) is 0 Å². The van der Waals surface area contributed by atoms with Gasteiger partial charge in [-0.2, -0.15) is 0 Å². The number of piperazine rings is 1. The molecule has 30 heavy (non-hydrogen) atoms. The number of hydrogen-bond acceptors (Lipinski definition) is 4. The number of aliphatic imine (C=N–C) groups is 1. The fraction of sp³-hybridized carbons (Fsp3) is 0.682. The van der Waals surface area contributed by atoms with Crippen molar-refractivity contribution >= 4 is 35.6 Å². The molecule has 1 heterocycles. The summed E-state index contributed by atoms with van der Waals surface area (Å²) in [5.74, 6) is 0.570. The van der Waals surface area contributed by atoms with Crippen molar-refractivity contribution in [2.75, 3.05) is 64.4 Å². The lowest BCUT2D eigenvalue weighted by molar-refractivity contribution is 0.129. The molecule has 0 aliphatic carbocycles. The van der Waals surface area contributed by atoms with Crippen molar-refractivity contribution in [1.29, 1.82) is 0 Å². The Kier molecular flexibility index (Phi) is 14.0. The highest BCUT2D eigenvalue weighted by atomic mass is 127. The van der Waals surface area contributed by atoms with Crippen molar-refractivity contribution < 1.29 is 9.13 Å². The van der Waals surface area contributed by atoms with Crippen molar-refractivity contribution in [3.63, 3.8) is 0 Å². The standard InChI is InChI=1S/C22H38FN5O.HI/c1-4-6-15-29-16-7-10-25-22(24-3)26-18-19-8-9-21(20(23)17-19)28-13-11-27(5-2)12-14-28;/h8-9,17H,4-7,10-16,18H2,1-3H3,(H2,24,25,26);1H. The number of likely N-dealkylation sites (N-methyl/N-ethyl adjacent to an activating group) is 1. The minimum Gasteiger partial charge on any atom is -0.381 e. The third-order valence-electron chi connectivity index (χ3n) is 5.26. The maximum Gasteiger partial charge on any atom is 0.191 e. The molecule has 1 fully saturated rings. The number of guanidine groups is 1. The van der Waals surface area contributed by atoms with Crippen LogP contribution in [-0.2, 0) is 11.3 Å². The van der Waals surface area contributed by atoms with E-state index in [0.29, 0.717) is 12.2 Å². The van der Waals surface area contributed by atoms with Gasteiger partial charge in [0.15, 0.2) is 5.96 Å². The van der Waals surface area contributed by atoms with Crippen LogP contribution in [0.25, 0.3) is 0 Å². The molecule has 2 N–H and O–H groups in total. The fourth-order valence-electron chi connectivity index (χ4n) is 3.36. The Hall–Kier alpha value is -1.13. The van der Waals surface area contributed by atoms with Gasteiger partial charge in [0.2, 0.25) is 0 Å². The molecule has 1 aliphatic rings. The van der Waals surface area contributed by atoms with Crippen LogP contribution < -0.4 is 15.5 Å². The zero-order chi connectivity index (χ0) is 20.9. The number of nitrogens with one attached hydrogen (secondary N) is 2. The molecule has 1 saturated heterocycles. The van der Waals surface area contributed by atoms with Gasteiger partial charge < -0.3 is 25.2 Å². The second kappa shape index (κ2) is 15.6. The largest absolute Gasteiger partial charge is 0.381 e. The minimum atomic E-state index is -0.151. The summed E-state index contributed by atoms with van der Waals surface area (Å²) < 4.78 is 20.2. The number of halogens is 2. The number of anilines is 1. The van der Waals surface area contributed by atoms with E-state index in [2.05, 4.69) is 39.3 Å². The van der Waals surface area contributed by atoms with Crippen LogP contribution in [0.2, 0.25) is 0 Å². The van der Waals surface area contributed by atoms with Gasteiger partial charge in [0, 0.05) is 59.5 Å². The third kappa shape index (κ3) is 9.34. The smallest absolute Gasteiger partial charge is 0.191 e. The van der Waals surface area contributed by atoms with E-state index in [1.54, 1.807) is 13.1 Å². The highest BCUT2D eigenvalue weighted by molar-refractivity contribution is 14.0. The minimum absolute atomic E-state index is 0. The molecule has 0 aromatic heterocycles. The molecule has 1 aromatic carbocycles. The summed E-state index contributed by atoms with van der Waals surface area (Å²) in [6.45, 7) is 12.0. The Balaban J connectivity index is 0.00000450. The molecule has 0 atom stereocenters. The van der Waals surface area contributed by atoms with E-state index in [1.165, 1.54) is 0 Å². The summed E-state index contributed by atoms with van der Waals surface area (Å²) >= 11 is 0. The number of benzene rings is 1. The monoisotopic (exact) mass is 535 g/mol. The van der Waals surface area contributed by atoms with Crippen LogP contribution in [0.5, 0.6) is 0 Å². The van der Waals surface area contributed by atoms with E-state index in [0.717, 1.165) is 83.3 Å². The molecule has 0 spiro atoms. The Bertz CT molecular complexity index is 624. The maximum absolute atomic E-state index is 14.7. The van der Waals surface area contributed by atoms with E-state index in [9.17, 15) is 4.39 Å². The van der Waals surface area contributed by atoms with Crippen molar-refractivity contribution in [2.24, 2.45) is 4.99 Å². The zero-order valence-electron chi connectivity index (χ0n) is 18.8. The van der Waals surface area contributed by atoms with E-state index in [-0.39, 0.29) is 29.8 Å². The van der Waals surface area contributed by atoms with Gasteiger partial charge in [-0.3, -0.25) is 4.99 Å². The normalized spacial score (nSPS) is 15.1. The Morgan fingerprint density at radius 3 is 2.47 bits per heavy atom. The van der Waals surface area contributed by atoms with Crippen LogP contribution in [0.3, 0.4) is 0 Å². The molecule has 0 bridgehead atoms. The Morgan fingerprint density at radius 2 is 1.83 bits per heavy atom. The summed E-state index contributed by atoms with van der Waals surface area (Å²) in [4.78, 5) is 8.76. The average Bonchev–Trinajstić information content (AvgIpc) is 2.75. The molecule has 6 nitrogen and oxygen atoms in total. The summed E-state index contributed by atoms with van der Waals surface area (Å²) in [5, 5.41) is 6.52. The molecular formula is C22H39FIN5O. The molecule has 8 heteroatoms. The topological polar surface area (TPSA) is 52.1 Å². The molecule has 0 saturated carbocycles. The fourth-order valence-corrected chi connectivity index (χ4v) is 3.36. The first kappa shape index (κ1) is 26.9. The summed E-state index contributed by atoms with van der Waals surface area (Å²) in [6, 6.07) is 5.52. The number of unbranched alkanes of at least 4 members (excludes halogenated alkanes) is 1. The van der Waals surface area contributed by atoms with Gasteiger partial charge in [0.05, 0.1) is 5.69 Å². The van der Waals surface area contributed by atoms with Crippen LogP contribution >= 0.6 is 24.0 Å². The van der Waals surface area contributed by atoms with Crippen LogP contribution in [0.15, 0.2) is 23.2 Å². The van der Waals surface area contributed by atoms with E-state index < -0.39 is 0 Å². The average molecular weight is 535 g/mol. The van der Waals surface area contributed by atoms with E-state index in [4.69, 9.17) is 4.74 Å². The van der Waals surface area contributed by atoms with Crippen molar-refractivity contribution in [2.45, 2.75) is 39.7 Å². The second-order valence-corrected chi connectivity index (χ2v) is 7.38. The molecular weight excluding hydrogens is 496 g/mol. The van der Waals surface area contributed by atoms with Crippen molar-refractivity contribution in [3.8, 4) is 0 Å². The maximum atomic E-state index is 14.7. The van der Waals surface area contributed by atoms with Crippen LogP contribution in [0.4, 0.5) is 10.1 Å². The van der Waals surface area contributed by atoms with Crippen LogP contribution in [0, 0.1) is 5.82 Å². The van der Waals surface area contributed by atoms with Gasteiger partial charge in [0.1, 0.15) is 5.82 Å². The second-order valence-electron chi connectivity index (χ2n) is 7.38. The van der Waals surface area contributed by atoms with Crippen LogP contribution in [-0.4, -0.2) is 70.4 Å². The number of hydrogen-bond donors (Lipinski definition) is 2. The predicted molar refractivity (Wildman–Crippen MR) is 135 cm³/mol. The summed E-state index contributed by atoms with van der Waals surface area (Å²) in [6.07, 6.45) is 3.20. The first-order chi connectivity index (χ1) is 14.2. The van der Waals surface area contributed by atoms with E-state index in [1.807, 2.05) is 12.1 Å². The lowest BCUT2D eigenvalue weighted by Crippen LogP contribution is -2.46. The Morgan fingerprint density at radius 1 is 1.10 bits per heavy atom. The van der Waals surface area contributed by atoms with Gasteiger partial charge >= 0.3 is 0 Å². The molecule has 0 amide bonds. The van der Waals surface area contributed by atoms with Gasteiger partial charge in [-0.05, 0) is 37.1 Å². The highest BCUT2D eigenvalue weighted by Gasteiger charge is 2.18. The molecule has 1 aliphatic heterocycles. The molecule has 0 radical (unpaired) electrons. The Labute approximate surface area is 198 Å². The first-order valence-corrected chi connectivity index (χ1v) is 11.0. The molecule has 172 valence electrons. The lowest BCUT2D eigenvalue weighted by atomic mass is 10.1. The lowest BCUT2D eigenvalue weighted by Gasteiger charge is -2.35. The van der Waals surface area contributed by atoms with Gasteiger partial charge in [-0.15, -0.1) is 24.0 Å². The van der Waals surface area contributed by atoms with Crippen LogP contribution in [0.1, 0.15) is 38.7 Å². The summed E-state index contributed by atoms with van der Waals surface area (Å²) in [7, 11) is 1.74. The first-order valence-electron chi connectivity index (χ1n) is 11.0. The summed E-state index contributed by atoms with van der Waals surface area (Å²) in [5.41, 5.74) is 1.61. The predicted octanol–water partition coefficient (Wildman–Crippen LogP) is 3.46. The van der Waals surface area contributed by atoms with Crippen molar-refractivity contribution in [3.05, 3.63) is 29.6 Å². The van der Waals surface area contributed by atoms with E-state index >= 15 is 0 Å². The van der Waals surface area contributed by atoms with Crippen molar-refractivity contribution in [1.82, 2.24) is 15.5 Å². The van der Waals surface area contributed by atoms with Gasteiger partial charge in [-0.25, -0.2) is 4.39 Å². The third-order valence-corrected chi connectivity index (χ3v) is 5.26. The zero-order valence-corrected chi connectivity index (χ0v) is 21.1. The highest BCUT2D eigenvalue weighted by Crippen LogP contribution is 2.22. The SMILES string of the molecule is CCCCOCCCNC(=NC)NCc1ccc(N2CCN(CC)CC2)c(F)c1.I. The molecule has 0 unspecified atom stereocenters. The number of nitrogens with zero attached hydrogens (tertiary/aromatic N) is 3. The molecule has 1 aromatic rings. The molecule has 2 rings (SSSR count). The number of ether oxygens (including phenoxy) is 1. The number of rotatable bonds is 11. The van der Waals surface area contributed by atoms with Gasteiger partial charge in [-0.1, -0.05) is 26.3 Å².